The van der Waals surface area contributed by atoms with Crippen LogP contribution in [0.15, 0.2) is 48.1 Å². The van der Waals surface area contributed by atoms with Crippen LogP contribution < -0.4 is 4.84 Å². The highest BCUT2D eigenvalue weighted by atomic mass is 35.5. The van der Waals surface area contributed by atoms with Crippen molar-refractivity contribution in [1.82, 2.24) is 0 Å². The quantitative estimate of drug-likeness (QED) is 0.562. The molecular weight excluding hydrogens is 277 g/mol. The summed E-state index contributed by atoms with van der Waals surface area (Å²) in [6.07, 6.45) is 3.17. The third-order valence-electron chi connectivity index (χ3n) is 2.76. The van der Waals surface area contributed by atoms with Crippen molar-refractivity contribution in [2.45, 2.75) is 6.92 Å². The average molecular weight is 290 g/mol. The van der Waals surface area contributed by atoms with E-state index in [2.05, 4.69) is 11.7 Å². The second-order valence-electron chi connectivity index (χ2n) is 4.02. The first kappa shape index (κ1) is 14.3. The van der Waals surface area contributed by atoms with E-state index in [9.17, 15) is 4.39 Å². The van der Waals surface area contributed by atoms with Gasteiger partial charge in [0.05, 0.1) is 5.02 Å². The van der Waals surface area contributed by atoms with Gasteiger partial charge in [0.2, 0.25) is 0 Å². The second kappa shape index (κ2) is 6.35. The fraction of sp³-hybridized carbons (Fsp3) is 0.0625. The van der Waals surface area contributed by atoms with Crippen LogP contribution in [0.2, 0.25) is 5.02 Å². The third kappa shape index (κ3) is 2.89. The van der Waals surface area contributed by atoms with Crippen LogP contribution in [0.4, 0.5) is 4.39 Å². The van der Waals surface area contributed by atoms with Crippen molar-refractivity contribution in [1.29, 1.82) is 0 Å². The predicted octanol–water partition coefficient (Wildman–Crippen LogP) is 5.17. The zero-order valence-corrected chi connectivity index (χ0v) is 11.7. The minimum Gasteiger partial charge on any atom is -0.354 e. The molecule has 2 aromatic carbocycles. The van der Waals surface area contributed by atoms with Gasteiger partial charge in [-0.2, -0.15) is 0 Å². The molecule has 0 aromatic heterocycles. The van der Waals surface area contributed by atoms with E-state index in [1.54, 1.807) is 19.1 Å². The van der Waals surface area contributed by atoms with Gasteiger partial charge in [0.1, 0.15) is 0 Å². The molecule has 2 rings (SSSR count). The lowest BCUT2D eigenvalue weighted by Gasteiger charge is -2.08. The maximum absolute atomic E-state index is 14.1. The molecule has 0 aliphatic heterocycles. The van der Waals surface area contributed by atoms with Crippen molar-refractivity contribution in [2.24, 2.45) is 5.16 Å². The molecule has 0 saturated carbocycles. The summed E-state index contributed by atoms with van der Waals surface area (Å²) in [5.74, 6) is -0.623. The van der Waals surface area contributed by atoms with Gasteiger partial charge < -0.3 is 4.84 Å². The average Bonchev–Trinajstić information content (AvgIpc) is 2.49. The third-order valence-corrected chi connectivity index (χ3v) is 3.13. The standard InChI is InChI=1S/C16H13ClFNO/c1-3-11-5-7-12(8-6-11)13-9-10-14(20-19-4-2)16(18)15(13)17/h3-10H,1H2,2H3. The summed E-state index contributed by atoms with van der Waals surface area (Å²) in [5.41, 5.74) is 2.42. The Kier molecular flexibility index (Phi) is 4.53. The Bertz CT molecular complexity index is 650. The Balaban J connectivity index is 2.41. The molecular formula is C16H13ClFNO. The zero-order chi connectivity index (χ0) is 14.5. The van der Waals surface area contributed by atoms with Gasteiger partial charge in [-0.25, -0.2) is 4.39 Å². The molecule has 0 heterocycles. The van der Waals surface area contributed by atoms with Crippen molar-refractivity contribution < 1.29 is 9.23 Å². The number of oxime groups is 1. The topological polar surface area (TPSA) is 21.6 Å². The van der Waals surface area contributed by atoms with Crippen LogP contribution in [0.25, 0.3) is 17.2 Å². The first-order valence-corrected chi connectivity index (χ1v) is 6.41. The smallest absolute Gasteiger partial charge is 0.195 e. The van der Waals surface area contributed by atoms with Crippen molar-refractivity contribution in [2.75, 3.05) is 0 Å². The number of halogens is 2. The number of hydrogen-bond acceptors (Lipinski definition) is 2. The normalized spacial score (nSPS) is 10.8. The lowest BCUT2D eigenvalue weighted by Crippen LogP contribution is -1.91. The first-order chi connectivity index (χ1) is 9.67. The van der Waals surface area contributed by atoms with Gasteiger partial charge in [0, 0.05) is 11.8 Å². The molecule has 0 unspecified atom stereocenters. The Labute approximate surface area is 122 Å². The van der Waals surface area contributed by atoms with Crippen molar-refractivity contribution >= 4 is 23.9 Å². The lowest BCUT2D eigenvalue weighted by atomic mass is 10.0. The van der Waals surface area contributed by atoms with Crippen molar-refractivity contribution in [3.05, 3.63) is 59.4 Å². The van der Waals surface area contributed by atoms with E-state index in [0.29, 0.717) is 5.56 Å². The Morgan fingerprint density at radius 1 is 1.20 bits per heavy atom. The van der Waals surface area contributed by atoms with Crippen LogP contribution in [-0.4, -0.2) is 6.21 Å². The highest BCUT2D eigenvalue weighted by Gasteiger charge is 2.14. The molecule has 0 aliphatic rings. The van der Waals surface area contributed by atoms with Crippen molar-refractivity contribution in [3.63, 3.8) is 0 Å². The predicted molar refractivity (Wildman–Crippen MR) is 81.7 cm³/mol. The van der Waals surface area contributed by atoms with Crippen LogP contribution in [0.3, 0.4) is 0 Å². The number of hydrogen-bond donors (Lipinski definition) is 0. The SMILES string of the molecule is C=Cc1ccc(-c2ccc(ON=CC)c(F)c2Cl)cc1. The zero-order valence-electron chi connectivity index (χ0n) is 10.9. The number of nitrogens with zero attached hydrogens (tertiary/aromatic N) is 1. The molecule has 0 fully saturated rings. The molecule has 0 atom stereocenters. The summed E-state index contributed by atoms with van der Waals surface area (Å²) in [6, 6.07) is 10.7. The molecule has 4 heteroatoms. The van der Waals surface area contributed by atoms with Gasteiger partial charge in [0.15, 0.2) is 11.6 Å². The van der Waals surface area contributed by atoms with Crippen LogP contribution in [0.5, 0.6) is 5.75 Å². The van der Waals surface area contributed by atoms with Gasteiger partial charge in [-0.3, -0.25) is 0 Å². The molecule has 102 valence electrons. The second-order valence-corrected chi connectivity index (χ2v) is 4.40. The van der Waals surface area contributed by atoms with E-state index in [1.807, 2.05) is 24.3 Å². The molecule has 0 aliphatic carbocycles. The molecule has 2 aromatic rings. The maximum Gasteiger partial charge on any atom is 0.195 e. The fourth-order valence-electron chi connectivity index (χ4n) is 1.73. The van der Waals surface area contributed by atoms with Gasteiger partial charge in [-0.15, -0.1) is 0 Å². The summed E-state index contributed by atoms with van der Waals surface area (Å²) < 4.78 is 14.1. The first-order valence-electron chi connectivity index (χ1n) is 6.03. The molecule has 0 amide bonds. The summed E-state index contributed by atoms with van der Waals surface area (Å²) >= 11 is 6.06. The summed E-state index contributed by atoms with van der Waals surface area (Å²) in [4.78, 5) is 4.89. The van der Waals surface area contributed by atoms with E-state index in [0.717, 1.165) is 11.1 Å². The maximum atomic E-state index is 14.1. The summed E-state index contributed by atoms with van der Waals surface area (Å²) in [7, 11) is 0. The molecule has 0 radical (unpaired) electrons. The van der Waals surface area contributed by atoms with Crippen LogP contribution in [-0.2, 0) is 0 Å². The van der Waals surface area contributed by atoms with Crippen molar-refractivity contribution in [3.8, 4) is 16.9 Å². The van der Waals surface area contributed by atoms with Gasteiger partial charge in [0.25, 0.3) is 0 Å². The van der Waals surface area contributed by atoms with E-state index < -0.39 is 5.82 Å². The van der Waals surface area contributed by atoms with E-state index in [4.69, 9.17) is 16.4 Å². The Morgan fingerprint density at radius 3 is 2.50 bits per heavy atom. The monoisotopic (exact) mass is 289 g/mol. The summed E-state index contributed by atoms with van der Waals surface area (Å²) in [5, 5.41) is 3.55. The highest BCUT2D eigenvalue weighted by Crippen LogP contribution is 2.35. The molecule has 0 saturated heterocycles. The minimum atomic E-state index is -0.623. The number of benzene rings is 2. The molecule has 0 N–H and O–H groups in total. The van der Waals surface area contributed by atoms with Gasteiger partial charge >= 0.3 is 0 Å². The molecule has 2 nitrogen and oxygen atoms in total. The Hall–Kier alpha value is -2.13. The van der Waals surface area contributed by atoms with Crippen LogP contribution >= 0.6 is 11.6 Å². The van der Waals surface area contributed by atoms with Crippen LogP contribution in [0.1, 0.15) is 12.5 Å². The van der Waals surface area contributed by atoms with Gasteiger partial charge in [-0.1, -0.05) is 53.7 Å². The Morgan fingerprint density at radius 2 is 1.90 bits per heavy atom. The van der Waals surface area contributed by atoms with E-state index in [1.165, 1.54) is 12.3 Å². The highest BCUT2D eigenvalue weighted by molar-refractivity contribution is 6.33. The van der Waals surface area contributed by atoms with E-state index >= 15 is 0 Å². The minimum absolute atomic E-state index is 0.000406. The fourth-order valence-corrected chi connectivity index (χ4v) is 2.00. The summed E-state index contributed by atoms with van der Waals surface area (Å²) in [6.45, 7) is 5.36. The molecule has 0 bridgehead atoms. The van der Waals surface area contributed by atoms with E-state index in [-0.39, 0.29) is 10.8 Å². The largest absolute Gasteiger partial charge is 0.354 e. The van der Waals surface area contributed by atoms with Gasteiger partial charge in [-0.05, 0) is 30.2 Å². The molecule has 20 heavy (non-hydrogen) atoms. The van der Waals surface area contributed by atoms with Crippen LogP contribution in [0, 0.1) is 5.82 Å². The molecule has 0 spiro atoms. The lowest BCUT2D eigenvalue weighted by molar-refractivity contribution is 0.324. The number of rotatable bonds is 4.